The molecule has 4 unspecified atom stereocenters. The van der Waals surface area contributed by atoms with Crippen LogP contribution in [0.1, 0.15) is 39.8 Å². The molecule has 4 aromatic carbocycles. The summed E-state index contributed by atoms with van der Waals surface area (Å²) in [6, 6.07) is 33.8. The molecule has 2 aliphatic rings. The Kier molecular flexibility index (Phi) is 7.50. The predicted octanol–water partition coefficient (Wildman–Crippen LogP) is 6.30. The minimum Gasteiger partial charge on any atom is -0.285 e. The lowest BCUT2D eigenvalue weighted by Gasteiger charge is -2.51. The Labute approximate surface area is 252 Å². The van der Waals surface area contributed by atoms with E-state index in [9.17, 15) is 25.9 Å². The number of hydrogen-bond acceptors (Lipinski definition) is 4. The third kappa shape index (κ3) is 5.40. The van der Waals surface area contributed by atoms with Crippen LogP contribution in [0.4, 0.5) is 0 Å². The standard InChI is InChI=1S/C35H32O6S2/c36-42(37,38)32-21-19-28-15-7-9-17-30(28)34(32,23-26-11-3-1-4-12-26)25-35(24-27-13-5-2-6-14-27)31-18-10-8-16-29(31)20-22-33(35)43(39,40)41/h1-22,32-33H,23-25H2,(H,36,37,38)(H,39,40,41). The number of fused-ring (bicyclic) bond motifs is 2. The van der Waals surface area contributed by atoms with E-state index in [4.69, 9.17) is 0 Å². The third-order valence-corrected chi connectivity index (χ3v) is 11.5. The molecule has 0 fully saturated rings. The Morgan fingerprint density at radius 1 is 0.512 bits per heavy atom. The van der Waals surface area contributed by atoms with Crippen molar-refractivity contribution in [3.63, 3.8) is 0 Å². The quantitative estimate of drug-likeness (QED) is 0.226. The van der Waals surface area contributed by atoms with Gasteiger partial charge in [-0.05, 0) is 52.6 Å². The number of benzene rings is 4. The Hall–Kier alpha value is -3.82. The van der Waals surface area contributed by atoms with E-state index in [0.717, 1.165) is 22.3 Å². The van der Waals surface area contributed by atoms with Crippen LogP contribution in [-0.4, -0.2) is 36.4 Å². The van der Waals surface area contributed by atoms with Crippen molar-refractivity contribution in [3.05, 3.63) is 155 Å². The molecule has 0 saturated carbocycles. The van der Waals surface area contributed by atoms with Gasteiger partial charge in [-0.15, -0.1) is 0 Å². The van der Waals surface area contributed by atoms with E-state index >= 15 is 0 Å². The molecule has 0 aliphatic heterocycles. The van der Waals surface area contributed by atoms with E-state index in [2.05, 4.69) is 0 Å². The lowest BCUT2D eigenvalue weighted by Crippen LogP contribution is -2.56. The minimum atomic E-state index is -4.69. The Balaban J connectivity index is 1.71. The van der Waals surface area contributed by atoms with Crippen molar-refractivity contribution in [2.24, 2.45) is 0 Å². The maximum absolute atomic E-state index is 13.4. The van der Waals surface area contributed by atoms with E-state index < -0.39 is 41.6 Å². The van der Waals surface area contributed by atoms with Crippen LogP contribution < -0.4 is 0 Å². The van der Waals surface area contributed by atoms with Crippen molar-refractivity contribution in [1.29, 1.82) is 0 Å². The van der Waals surface area contributed by atoms with Gasteiger partial charge >= 0.3 is 0 Å². The van der Waals surface area contributed by atoms with Crippen LogP contribution in [0.2, 0.25) is 0 Å². The molecule has 2 N–H and O–H groups in total. The van der Waals surface area contributed by atoms with Gasteiger partial charge in [0.25, 0.3) is 20.2 Å². The summed E-state index contributed by atoms with van der Waals surface area (Å²) in [4.78, 5) is 0. The molecule has 0 saturated heterocycles. The molecule has 43 heavy (non-hydrogen) atoms. The summed E-state index contributed by atoms with van der Waals surface area (Å²) in [5, 5.41) is -2.77. The van der Waals surface area contributed by atoms with Crippen LogP contribution >= 0.6 is 0 Å². The van der Waals surface area contributed by atoms with Crippen molar-refractivity contribution in [2.75, 3.05) is 0 Å². The molecule has 4 atom stereocenters. The minimum absolute atomic E-state index is 0.0125. The predicted molar refractivity (Wildman–Crippen MR) is 170 cm³/mol. The highest BCUT2D eigenvalue weighted by Crippen LogP contribution is 2.54. The molecular formula is C35H32O6S2. The second kappa shape index (κ2) is 11.0. The first-order valence-electron chi connectivity index (χ1n) is 14.1. The molecule has 0 aromatic heterocycles. The van der Waals surface area contributed by atoms with Crippen LogP contribution in [0, 0.1) is 0 Å². The molecule has 220 valence electrons. The summed E-state index contributed by atoms with van der Waals surface area (Å²) in [5.74, 6) is 0. The summed E-state index contributed by atoms with van der Waals surface area (Å²) in [6.07, 6.45) is 6.82. The fourth-order valence-corrected chi connectivity index (χ4v) is 9.69. The molecule has 0 heterocycles. The highest BCUT2D eigenvalue weighted by atomic mass is 32.2. The van der Waals surface area contributed by atoms with Crippen LogP contribution in [-0.2, 0) is 43.9 Å². The molecule has 6 nitrogen and oxygen atoms in total. The topological polar surface area (TPSA) is 109 Å². The summed E-state index contributed by atoms with van der Waals surface area (Å²) < 4.78 is 75.1. The molecule has 8 heteroatoms. The smallest absolute Gasteiger partial charge is 0.272 e. The average molecular weight is 613 g/mol. The first-order valence-corrected chi connectivity index (χ1v) is 17.1. The van der Waals surface area contributed by atoms with Crippen molar-refractivity contribution >= 4 is 32.4 Å². The highest BCUT2D eigenvalue weighted by molar-refractivity contribution is 7.87. The molecule has 6 rings (SSSR count). The molecule has 0 amide bonds. The Morgan fingerprint density at radius 3 is 1.23 bits per heavy atom. The average Bonchev–Trinajstić information content (AvgIpc) is 2.97. The first kappa shape index (κ1) is 29.3. The SMILES string of the molecule is O=S(=O)(O)C1C=Cc2ccccc2C1(Cc1ccccc1)CC1(Cc2ccccc2)c2ccccc2C=CC1S(=O)(=O)O. The molecule has 0 radical (unpaired) electrons. The highest BCUT2D eigenvalue weighted by Gasteiger charge is 2.57. The van der Waals surface area contributed by atoms with Crippen molar-refractivity contribution < 1.29 is 25.9 Å². The Bertz CT molecular complexity index is 1780. The summed E-state index contributed by atoms with van der Waals surface area (Å²) in [5.41, 5.74) is 1.98. The molecular weight excluding hydrogens is 581 g/mol. The first-order chi connectivity index (χ1) is 20.5. The van der Waals surface area contributed by atoms with Gasteiger partial charge in [0.1, 0.15) is 10.5 Å². The van der Waals surface area contributed by atoms with Gasteiger partial charge in [-0.25, -0.2) is 0 Å². The van der Waals surface area contributed by atoms with Gasteiger partial charge in [-0.1, -0.05) is 133 Å². The van der Waals surface area contributed by atoms with E-state index in [1.807, 2.05) is 109 Å². The number of rotatable bonds is 8. The van der Waals surface area contributed by atoms with E-state index in [-0.39, 0.29) is 19.3 Å². The van der Waals surface area contributed by atoms with Crippen molar-refractivity contribution in [3.8, 4) is 0 Å². The summed E-state index contributed by atoms with van der Waals surface area (Å²) in [6.45, 7) is 0. The Morgan fingerprint density at radius 2 is 0.860 bits per heavy atom. The maximum atomic E-state index is 13.4. The lowest BCUT2D eigenvalue weighted by atomic mass is 9.55. The van der Waals surface area contributed by atoms with Crippen molar-refractivity contribution in [2.45, 2.75) is 40.6 Å². The van der Waals surface area contributed by atoms with Gasteiger partial charge in [-0.3, -0.25) is 9.11 Å². The van der Waals surface area contributed by atoms with Gasteiger partial charge in [0.2, 0.25) is 0 Å². The van der Waals surface area contributed by atoms with Crippen LogP contribution in [0.5, 0.6) is 0 Å². The van der Waals surface area contributed by atoms with Crippen LogP contribution in [0.15, 0.2) is 121 Å². The van der Waals surface area contributed by atoms with Crippen LogP contribution in [0.25, 0.3) is 12.2 Å². The van der Waals surface area contributed by atoms with Gasteiger partial charge < -0.3 is 0 Å². The van der Waals surface area contributed by atoms with Gasteiger partial charge in [-0.2, -0.15) is 16.8 Å². The molecule has 4 aromatic rings. The summed E-state index contributed by atoms with van der Waals surface area (Å²) >= 11 is 0. The van der Waals surface area contributed by atoms with Gasteiger partial charge in [0, 0.05) is 10.8 Å². The molecule has 0 bridgehead atoms. The third-order valence-electron chi connectivity index (χ3n) is 8.98. The van der Waals surface area contributed by atoms with E-state index in [1.165, 1.54) is 12.2 Å². The van der Waals surface area contributed by atoms with Crippen molar-refractivity contribution in [1.82, 2.24) is 0 Å². The fraction of sp³-hybridized carbons (Fsp3) is 0.200. The zero-order chi connectivity index (χ0) is 30.3. The normalized spacial score (nSPS) is 24.7. The zero-order valence-electron chi connectivity index (χ0n) is 23.3. The second-order valence-electron chi connectivity index (χ2n) is 11.6. The van der Waals surface area contributed by atoms with Crippen LogP contribution in [0.3, 0.4) is 0 Å². The molecule has 0 spiro atoms. The zero-order valence-corrected chi connectivity index (χ0v) is 25.0. The fourth-order valence-electron chi connectivity index (χ4n) is 7.41. The second-order valence-corrected chi connectivity index (χ2v) is 14.7. The molecule has 2 aliphatic carbocycles. The summed E-state index contributed by atoms with van der Waals surface area (Å²) in [7, 11) is -9.39. The largest absolute Gasteiger partial charge is 0.285 e. The van der Waals surface area contributed by atoms with E-state index in [1.54, 1.807) is 12.2 Å². The van der Waals surface area contributed by atoms with E-state index in [0.29, 0.717) is 11.1 Å². The monoisotopic (exact) mass is 612 g/mol. The lowest BCUT2D eigenvalue weighted by molar-refractivity contribution is 0.255. The number of hydrogen-bond donors (Lipinski definition) is 2. The van der Waals surface area contributed by atoms with Gasteiger partial charge in [0.05, 0.1) is 0 Å². The maximum Gasteiger partial charge on any atom is 0.272 e. The van der Waals surface area contributed by atoms with Gasteiger partial charge in [0.15, 0.2) is 0 Å².